The van der Waals surface area contributed by atoms with E-state index in [0.29, 0.717) is 18.9 Å². The normalized spacial score (nSPS) is 10.6. The first-order chi connectivity index (χ1) is 12.2. The maximum absolute atomic E-state index is 12.2. The van der Waals surface area contributed by atoms with Gasteiger partial charge in [-0.3, -0.25) is 9.59 Å². The molecule has 3 aromatic heterocycles. The van der Waals surface area contributed by atoms with Crippen molar-refractivity contribution in [1.29, 1.82) is 0 Å². The third-order valence-electron chi connectivity index (χ3n) is 3.54. The third-order valence-corrected chi connectivity index (χ3v) is 3.54. The van der Waals surface area contributed by atoms with Crippen molar-refractivity contribution in [2.24, 2.45) is 0 Å². The van der Waals surface area contributed by atoms with E-state index in [1.54, 1.807) is 23.3 Å². The van der Waals surface area contributed by atoms with Crippen LogP contribution in [0.5, 0.6) is 0 Å². The molecule has 1 amide bonds. The van der Waals surface area contributed by atoms with Crippen LogP contribution in [0.3, 0.4) is 0 Å². The summed E-state index contributed by atoms with van der Waals surface area (Å²) in [6.07, 6.45) is 5.94. The Hall–Kier alpha value is -3.29. The molecule has 0 aliphatic heterocycles. The molecule has 3 rings (SSSR count). The van der Waals surface area contributed by atoms with Crippen molar-refractivity contribution >= 4 is 5.91 Å². The van der Waals surface area contributed by atoms with Gasteiger partial charge in [-0.15, -0.1) is 0 Å². The summed E-state index contributed by atoms with van der Waals surface area (Å²) in [6, 6.07) is 8.31. The second-order valence-electron chi connectivity index (χ2n) is 5.44. The topological polar surface area (TPSA) is 94.7 Å². The van der Waals surface area contributed by atoms with Crippen molar-refractivity contribution in [2.45, 2.75) is 26.4 Å². The fraction of sp³-hybridized carbons (Fsp3) is 0.235. The highest BCUT2D eigenvalue weighted by Crippen LogP contribution is 2.04. The van der Waals surface area contributed by atoms with Gasteiger partial charge in [0.2, 0.25) is 0 Å². The van der Waals surface area contributed by atoms with Gasteiger partial charge in [-0.25, -0.2) is 14.3 Å². The van der Waals surface area contributed by atoms with E-state index < -0.39 is 0 Å². The first-order valence-electron chi connectivity index (χ1n) is 7.98. The van der Waals surface area contributed by atoms with Gasteiger partial charge >= 0.3 is 0 Å². The van der Waals surface area contributed by atoms with Crippen molar-refractivity contribution in [3.05, 3.63) is 70.5 Å². The minimum absolute atomic E-state index is 0.211. The molecule has 0 fully saturated rings. The lowest BCUT2D eigenvalue weighted by Gasteiger charge is -2.07. The first-order valence-corrected chi connectivity index (χ1v) is 7.98. The monoisotopic (exact) mass is 338 g/mol. The molecule has 0 unspecified atom stereocenters. The molecule has 0 aliphatic carbocycles. The van der Waals surface area contributed by atoms with E-state index in [2.05, 4.69) is 20.5 Å². The molecule has 0 aromatic carbocycles. The molecule has 0 saturated heterocycles. The van der Waals surface area contributed by atoms with Crippen LogP contribution < -0.4 is 10.9 Å². The zero-order valence-corrected chi connectivity index (χ0v) is 13.8. The van der Waals surface area contributed by atoms with E-state index in [4.69, 9.17) is 0 Å². The predicted molar refractivity (Wildman–Crippen MR) is 91.3 cm³/mol. The first kappa shape index (κ1) is 16.6. The Morgan fingerprint density at radius 3 is 2.80 bits per heavy atom. The molecule has 0 bridgehead atoms. The largest absolute Gasteiger partial charge is 0.347 e. The highest BCUT2D eigenvalue weighted by Gasteiger charge is 2.09. The Bertz CT molecular complexity index is 900. The minimum atomic E-state index is -0.332. The second-order valence-corrected chi connectivity index (χ2v) is 5.44. The average molecular weight is 338 g/mol. The SMILES string of the molecule is CCCn1nc(C(=O)NCc2ccc(-n3cccn3)nc2)ccc1=O. The van der Waals surface area contributed by atoms with Gasteiger partial charge in [-0.1, -0.05) is 13.0 Å². The van der Waals surface area contributed by atoms with Gasteiger partial charge in [0, 0.05) is 37.7 Å². The van der Waals surface area contributed by atoms with Crippen LogP contribution in [0.25, 0.3) is 5.82 Å². The van der Waals surface area contributed by atoms with Crippen LogP contribution >= 0.6 is 0 Å². The number of hydrogen-bond donors (Lipinski definition) is 1. The van der Waals surface area contributed by atoms with E-state index in [-0.39, 0.29) is 17.2 Å². The van der Waals surface area contributed by atoms with Crippen LogP contribution in [0.15, 0.2) is 53.7 Å². The predicted octanol–water partition coefficient (Wildman–Crippen LogP) is 1.16. The van der Waals surface area contributed by atoms with Crippen LogP contribution in [0.4, 0.5) is 0 Å². The van der Waals surface area contributed by atoms with Crippen molar-refractivity contribution in [3.8, 4) is 5.82 Å². The standard InChI is InChI=1S/C17H18N6O2/c1-2-9-23-16(24)7-5-14(21-23)17(25)19-12-13-4-6-15(18-11-13)22-10-3-8-20-22/h3-8,10-11H,2,9,12H2,1H3,(H,19,25). The molecule has 3 heterocycles. The molecule has 25 heavy (non-hydrogen) atoms. The highest BCUT2D eigenvalue weighted by atomic mass is 16.2. The number of pyridine rings is 1. The number of rotatable bonds is 6. The van der Waals surface area contributed by atoms with Crippen LogP contribution in [-0.2, 0) is 13.1 Å². The summed E-state index contributed by atoms with van der Waals surface area (Å²) >= 11 is 0. The zero-order chi connectivity index (χ0) is 17.6. The van der Waals surface area contributed by atoms with E-state index in [0.717, 1.165) is 12.0 Å². The lowest BCUT2D eigenvalue weighted by atomic mass is 10.2. The summed E-state index contributed by atoms with van der Waals surface area (Å²) in [5.41, 5.74) is 0.858. The highest BCUT2D eigenvalue weighted by molar-refractivity contribution is 5.91. The molecule has 0 saturated carbocycles. The van der Waals surface area contributed by atoms with Crippen molar-refractivity contribution in [1.82, 2.24) is 29.9 Å². The molecular formula is C17H18N6O2. The molecule has 0 radical (unpaired) electrons. The molecule has 0 aliphatic rings. The number of carbonyl (C=O) groups excluding carboxylic acids is 1. The van der Waals surface area contributed by atoms with E-state index in [1.165, 1.54) is 16.8 Å². The number of aromatic nitrogens is 5. The average Bonchev–Trinajstić information content (AvgIpc) is 3.17. The lowest BCUT2D eigenvalue weighted by Crippen LogP contribution is -2.29. The quantitative estimate of drug-likeness (QED) is 0.728. The Morgan fingerprint density at radius 1 is 1.24 bits per heavy atom. The third kappa shape index (κ3) is 3.97. The Kier molecular flexibility index (Phi) is 4.98. The maximum Gasteiger partial charge on any atom is 0.271 e. The molecule has 8 heteroatoms. The van der Waals surface area contributed by atoms with Crippen LogP contribution in [-0.4, -0.2) is 30.5 Å². The lowest BCUT2D eigenvalue weighted by molar-refractivity contribution is 0.0943. The Balaban J connectivity index is 1.64. The summed E-state index contributed by atoms with van der Waals surface area (Å²) in [5, 5.41) is 11.0. The van der Waals surface area contributed by atoms with Gasteiger partial charge in [0.1, 0.15) is 5.69 Å². The number of carbonyl (C=O) groups is 1. The molecule has 128 valence electrons. The van der Waals surface area contributed by atoms with Crippen molar-refractivity contribution in [3.63, 3.8) is 0 Å². The summed E-state index contributed by atoms with van der Waals surface area (Å²) in [4.78, 5) is 28.2. The number of aryl methyl sites for hydroxylation is 1. The minimum Gasteiger partial charge on any atom is -0.347 e. The van der Waals surface area contributed by atoms with Gasteiger partial charge in [-0.05, 0) is 30.2 Å². The summed E-state index contributed by atoms with van der Waals surface area (Å²) in [5.74, 6) is 0.370. The fourth-order valence-electron chi connectivity index (χ4n) is 2.28. The van der Waals surface area contributed by atoms with Crippen LogP contribution in [0.2, 0.25) is 0 Å². The number of nitrogens with one attached hydrogen (secondary N) is 1. The second kappa shape index (κ2) is 7.52. The van der Waals surface area contributed by atoms with Crippen molar-refractivity contribution in [2.75, 3.05) is 0 Å². The summed E-state index contributed by atoms with van der Waals surface area (Å²) < 4.78 is 2.96. The van der Waals surface area contributed by atoms with Crippen LogP contribution in [0.1, 0.15) is 29.4 Å². The molecule has 8 nitrogen and oxygen atoms in total. The molecular weight excluding hydrogens is 320 g/mol. The van der Waals surface area contributed by atoms with Gasteiger partial charge in [0.05, 0.1) is 0 Å². The van der Waals surface area contributed by atoms with Gasteiger partial charge in [0.25, 0.3) is 11.5 Å². The zero-order valence-electron chi connectivity index (χ0n) is 13.8. The summed E-state index contributed by atoms with van der Waals surface area (Å²) in [6.45, 7) is 2.75. The van der Waals surface area contributed by atoms with Gasteiger partial charge in [-0.2, -0.15) is 10.2 Å². The van der Waals surface area contributed by atoms with E-state index >= 15 is 0 Å². The van der Waals surface area contributed by atoms with E-state index in [1.807, 2.05) is 25.1 Å². The van der Waals surface area contributed by atoms with Crippen molar-refractivity contribution < 1.29 is 4.79 Å². The van der Waals surface area contributed by atoms with E-state index in [9.17, 15) is 9.59 Å². The molecule has 3 aromatic rings. The van der Waals surface area contributed by atoms with Gasteiger partial charge in [0.15, 0.2) is 5.82 Å². The van der Waals surface area contributed by atoms with Gasteiger partial charge < -0.3 is 5.32 Å². The Labute approximate surface area is 144 Å². The molecule has 1 N–H and O–H groups in total. The smallest absolute Gasteiger partial charge is 0.271 e. The maximum atomic E-state index is 12.2. The number of nitrogens with zero attached hydrogens (tertiary/aromatic N) is 5. The fourth-order valence-corrected chi connectivity index (χ4v) is 2.28. The number of hydrogen-bond acceptors (Lipinski definition) is 5. The van der Waals surface area contributed by atoms with Crippen LogP contribution in [0, 0.1) is 0 Å². The summed E-state index contributed by atoms with van der Waals surface area (Å²) in [7, 11) is 0. The molecule has 0 atom stereocenters. The molecule has 0 spiro atoms. The number of amides is 1. The Morgan fingerprint density at radius 2 is 2.12 bits per heavy atom.